The van der Waals surface area contributed by atoms with Gasteiger partial charge in [0, 0.05) is 0 Å². The molecule has 7 heavy (non-hydrogen) atoms. The van der Waals surface area contributed by atoms with E-state index in [2.05, 4.69) is 0 Å². The van der Waals surface area contributed by atoms with Crippen LogP contribution in [-0.4, -0.2) is 42.0 Å². The molecular weight excluding hydrogens is 333 g/mol. The fraction of sp³-hybridized carbons (Fsp3) is 0. The normalized spacial score (nSPS) is 8.43. The van der Waals surface area contributed by atoms with Crippen LogP contribution in [0.2, 0.25) is 0 Å². The van der Waals surface area contributed by atoms with Crippen LogP contribution >= 0.6 is 17.7 Å². The molecule has 4 nitrogen and oxygen atoms in total. The Morgan fingerprint density at radius 3 is 1.14 bits per heavy atom. The van der Waals surface area contributed by atoms with E-state index in [9.17, 15) is 0 Å². The van der Waals surface area contributed by atoms with E-state index in [1.165, 1.54) is 0 Å². The third kappa shape index (κ3) is 104. The summed E-state index contributed by atoms with van der Waals surface area (Å²) in [6.07, 6.45) is 0. The molecule has 0 bridgehead atoms. The first-order chi connectivity index (χ1) is 2.00. The Kier molecular flexibility index (Phi) is 12.6. The fourth-order valence-corrected chi connectivity index (χ4v) is 0. The van der Waals surface area contributed by atoms with E-state index >= 15 is 0 Å². The van der Waals surface area contributed by atoms with Gasteiger partial charge in [0.05, 0.1) is 0 Å². The van der Waals surface area contributed by atoms with Crippen molar-refractivity contribution in [3.63, 3.8) is 0 Å². The zero-order valence-corrected chi connectivity index (χ0v) is 11.4. The standard InChI is InChI=1S/H3O4P.H3P.Pb.2H/c1-5(2,3)4;;;;/h(H3,1,2,3,4);1H3;;;. The molecule has 3 N–H and O–H groups in total. The first-order valence-electron chi connectivity index (χ1n) is 0.783. The van der Waals surface area contributed by atoms with E-state index in [1.807, 2.05) is 0 Å². The molecule has 0 spiro atoms. The van der Waals surface area contributed by atoms with Crippen LogP contribution in [0.15, 0.2) is 0 Å². The van der Waals surface area contributed by atoms with Crippen molar-refractivity contribution < 1.29 is 19.2 Å². The molecule has 46 valence electrons. The van der Waals surface area contributed by atoms with E-state index in [0.29, 0.717) is 0 Å². The van der Waals surface area contributed by atoms with Crippen LogP contribution in [0.3, 0.4) is 0 Å². The number of phosphoric acid groups is 1. The third-order valence-corrected chi connectivity index (χ3v) is 0. The molecule has 0 saturated heterocycles. The summed E-state index contributed by atoms with van der Waals surface area (Å²) in [6.45, 7) is 0. The predicted octanol–water partition coefficient (Wildman–Crippen LogP) is -1.79. The molecular formula is H8O4P2Pb. The van der Waals surface area contributed by atoms with Gasteiger partial charge in [0.2, 0.25) is 0 Å². The third-order valence-electron chi connectivity index (χ3n) is 0. The van der Waals surface area contributed by atoms with Gasteiger partial charge in [-0.1, -0.05) is 0 Å². The van der Waals surface area contributed by atoms with Crippen LogP contribution in [0, 0.1) is 0 Å². The van der Waals surface area contributed by atoms with E-state index in [1.54, 1.807) is 0 Å². The summed E-state index contributed by atoms with van der Waals surface area (Å²) in [5.74, 6) is 0. The number of rotatable bonds is 0. The van der Waals surface area contributed by atoms with Crippen molar-refractivity contribution in [2.45, 2.75) is 0 Å². The Morgan fingerprint density at radius 2 is 1.14 bits per heavy atom. The van der Waals surface area contributed by atoms with E-state index in [4.69, 9.17) is 19.2 Å². The molecule has 7 heteroatoms. The molecule has 0 heterocycles. The molecule has 0 saturated carbocycles. The van der Waals surface area contributed by atoms with Gasteiger partial charge in [0.15, 0.2) is 0 Å². The van der Waals surface area contributed by atoms with Gasteiger partial charge in [-0.2, -0.15) is 9.90 Å². The zero-order chi connectivity index (χ0) is 4.50. The molecule has 0 rings (SSSR count). The number of hydrogen-bond donors (Lipinski definition) is 3. The second kappa shape index (κ2) is 5.60. The van der Waals surface area contributed by atoms with Gasteiger partial charge in [0.25, 0.3) is 0 Å². The topological polar surface area (TPSA) is 77.8 Å². The monoisotopic (exact) mass is 342 g/mol. The summed E-state index contributed by atoms with van der Waals surface area (Å²) in [7, 11) is -4.64. The van der Waals surface area contributed by atoms with E-state index < -0.39 is 7.82 Å². The molecule has 0 amide bonds. The molecule has 2 radical (unpaired) electrons. The molecule has 0 aromatic rings. The molecule has 1 atom stereocenters. The molecule has 0 aromatic carbocycles. The number of hydrogen-bond acceptors (Lipinski definition) is 1. The van der Waals surface area contributed by atoms with Crippen LogP contribution in [0.4, 0.5) is 0 Å². The first-order valence-corrected chi connectivity index (χ1v) is 2.35. The SMILES string of the molecule is O=P(O)(O)O.P.[PbH2]. The Morgan fingerprint density at radius 1 is 1.14 bits per heavy atom. The molecule has 0 aromatic heterocycles. The summed E-state index contributed by atoms with van der Waals surface area (Å²) in [6, 6.07) is 0. The van der Waals surface area contributed by atoms with Gasteiger partial charge in [-0.25, -0.2) is 4.57 Å². The van der Waals surface area contributed by atoms with Crippen LogP contribution in [-0.2, 0) is 4.57 Å². The van der Waals surface area contributed by atoms with Gasteiger partial charge in [0.1, 0.15) is 0 Å². The molecule has 0 aliphatic rings. The van der Waals surface area contributed by atoms with Gasteiger partial charge < -0.3 is 14.7 Å². The van der Waals surface area contributed by atoms with Gasteiger partial charge in [-0.3, -0.25) is 0 Å². The van der Waals surface area contributed by atoms with Crippen molar-refractivity contribution in [1.82, 2.24) is 0 Å². The summed E-state index contributed by atoms with van der Waals surface area (Å²) in [5.41, 5.74) is 0. The van der Waals surface area contributed by atoms with Crippen LogP contribution in [0.1, 0.15) is 0 Å². The Bertz CT molecular complexity index is 55.8. The predicted molar refractivity (Wildman–Crippen MR) is 33.9 cm³/mol. The van der Waals surface area contributed by atoms with Crippen molar-refractivity contribution in [3.8, 4) is 0 Å². The first kappa shape index (κ1) is 15.8. The van der Waals surface area contributed by atoms with Gasteiger partial charge in [-0.05, 0) is 0 Å². The average molecular weight is 341 g/mol. The van der Waals surface area contributed by atoms with Crippen molar-refractivity contribution in [3.05, 3.63) is 0 Å². The van der Waals surface area contributed by atoms with Crippen molar-refractivity contribution in [2.24, 2.45) is 0 Å². The maximum absolute atomic E-state index is 8.88. The van der Waals surface area contributed by atoms with E-state index in [-0.39, 0.29) is 37.2 Å². The van der Waals surface area contributed by atoms with Crippen LogP contribution in [0.5, 0.6) is 0 Å². The Hall–Kier alpha value is 1.46. The fourth-order valence-electron chi connectivity index (χ4n) is 0. The average Bonchev–Trinajstić information content (AvgIpc) is 0.722. The minimum atomic E-state index is -4.64. The van der Waals surface area contributed by atoms with Crippen molar-refractivity contribution in [2.75, 3.05) is 0 Å². The summed E-state index contributed by atoms with van der Waals surface area (Å²) < 4.78 is 8.88. The van der Waals surface area contributed by atoms with Crippen LogP contribution < -0.4 is 0 Å². The van der Waals surface area contributed by atoms with E-state index in [0.717, 1.165) is 0 Å². The van der Waals surface area contributed by atoms with Crippen molar-refractivity contribution >= 4 is 45.0 Å². The second-order valence-electron chi connectivity index (χ2n) is 0.513. The summed E-state index contributed by atoms with van der Waals surface area (Å²) >= 11 is 0. The quantitative estimate of drug-likeness (QED) is 0.359. The van der Waals surface area contributed by atoms with Crippen LogP contribution in [0.25, 0.3) is 0 Å². The van der Waals surface area contributed by atoms with Crippen molar-refractivity contribution in [1.29, 1.82) is 0 Å². The molecule has 0 fully saturated rings. The molecule has 0 aliphatic heterocycles. The van der Waals surface area contributed by atoms with Gasteiger partial charge in [-0.15, -0.1) is 0 Å². The second-order valence-corrected chi connectivity index (χ2v) is 1.54. The summed E-state index contributed by atoms with van der Waals surface area (Å²) in [5, 5.41) is 0. The molecule has 1 unspecified atom stereocenters. The van der Waals surface area contributed by atoms with Gasteiger partial charge >= 0.3 is 35.1 Å². The maximum atomic E-state index is 8.88. The Balaban J connectivity index is -0.0000000800. The summed E-state index contributed by atoms with van der Waals surface area (Å²) in [4.78, 5) is 21.6. The Labute approximate surface area is 64.3 Å². The minimum absolute atomic E-state index is 0. The zero-order valence-electron chi connectivity index (χ0n) is 3.61. The molecule has 0 aliphatic carbocycles.